The lowest BCUT2D eigenvalue weighted by Gasteiger charge is -2.43. The molecule has 0 aromatic rings. The third-order valence-electron chi connectivity index (χ3n) is 6.22. The Hall–Kier alpha value is -0.530. The number of hydrogen-bond acceptors (Lipinski definition) is 2. The Bertz CT molecular complexity index is 317. The lowest BCUT2D eigenvalue weighted by Crippen LogP contribution is -2.36. The average Bonchev–Trinajstić information content (AvgIpc) is 2.47. The van der Waals surface area contributed by atoms with E-state index in [4.69, 9.17) is 4.74 Å². The van der Waals surface area contributed by atoms with Crippen LogP contribution in [0.1, 0.15) is 67.7 Å². The Morgan fingerprint density at radius 1 is 1.26 bits per heavy atom. The SMILES string of the molecule is CCOC(=O)CCC(C)C1C[C@H](C)C(C)(C)C1(C)C. The van der Waals surface area contributed by atoms with E-state index in [1.54, 1.807) is 0 Å². The number of esters is 1. The van der Waals surface area contributed by atoms with Crippen LogP contribution in [-0.4, -0.2) is 12.6 Å². The molecule has 0 N–H and O–H groups in total. The fourth-order valence-corrected chi connectivity index (χ4v) is 3.81. The van der Waals surface area contributed by atoms with Gasteiger partial charge in [-0.05, 0) is 48.3 Å². The van der Waals surface area contributed by atoms with Gasteiger partial charge in [0.15, 0.2) is 0 Å². The molecule has 0 saturated heterocycles. The topological polar surface area (TPSA) is 26.3 Å². The second kappa shape index (κ2) is 5.85. The lowest BCUT2D eigenvalue weighted by molar-refractivity contribution is -0.143. The smallest absolute Gasteiger partial charge is 0.305 e. The fraction of sp³-hybridized carbons (Fsp3) is 0.941. The van der Waals surface area contributed by atoms with E-state index in [0.29, 0.717) is 35.7 Å². The van der Waals surface area contributed by atoms with Crippen LogP contribution >= 0.6 is 0 Å². The monoisotopic (exact) mass is 268 g/mol. The molecular formula is C17H32O2. The highest BCUT2D eigenvalue weighted by atomic mass is 16.5. The van der Waals surface area contributed by atoms with Crippen molar-refractivity contribution in [2.45, 2.75) is 67.7 Å². The number of carbonyl (C=O) groups is 1. The molecule has 19 heavy (non-hydrogen) atoms. The molecule has 0 bridgehead atoms. The fourth-order valence-electron chi connectivity index (χ4n) is 3.81. The normalized spacial score (nSPS) is 30.1. The van der Waals surface area contributed by atoms with Crippen molar-refractivity contribution in [3.8, 4) is 0 Å². The summed E-state index contributed by atoms with van der Waals surface area (Å²) < 4.78 is 5.03. The highest BCUT2D eigenvalue weighted by molar-refractivity contribution is 5.69. The van der Waals surface area contributed by atoms with Gasteiger partial charge in [0.1, 0.15) is 0 Å². The highest BCUT2D eigenvalue weighted by Crippen LogP contribution is 2.61. The standard InChI is InChI=1S/C17H32O2/c1-8-19-15(18)10-9-12(2)14-11-13(3)16(4,5)17(14,6)7/h12-14H,8-11H2,1-7H3/t12?,13-,14?/m0/s1. The van der Waals surface area contributed by atoms with E-state index < -0.39 is 0 Å². The van der Waals surface area contributed by atoms with E-state index in [-0.39, 0.29) is 5.97 Å². The summed E-state index contributed by atoms with van der Waals surface area (Å²) in [6, 6.07) is 0. The maximum absolute atomic E-state index is 11.5. The Morgan fingerprint density at radius 3 is 2.26 bits per heavy atom. The Morgan fingerprint density at radius 2 is 1.84 bits per heavy atom. The van der Waals surface area contributed by atoms with Gasteiger partial charge in [-0.1, -0.05) is 41.5 Å². The summed E-state index contributed by atoms with van der Waals surface area (Å²) in [6.45, 7) is 16.6. The van der Waals surface area contributed by atoms with Crippen LogP contribution in [0.4, 0.5) is 0 Å². The third kappa shape index (κ3) is 3.14. The third-order valence-corrected chi connectivity index (χ3v) is 6.22. The number of rotatable bonds is 5. The zero-order chi connectivity index (χ0) is 14.8. The molecule has 0 aliphatic heterocycles. The lowest BCUT2D eigenvalue weighted by atomic mass is 9.62. The molecule has 0 heterocycles. The summed E-state index contributed by atoms with van der Waals surface area (Å²) in [5.74, 6) is 1.99. The quantitative estimate of drug-likeness (QED) is 0.677. The maximum Gasteiger partial charge on any atom is 0.305 e. The van der Waals surface area contributed by atoms with Gasteiger partial charge in [-0.3, -0.25) is 4.79 Å². The Balaban J connectivity index is 2.63. The van der Waals surface area contributed by atoms with Gasteiger partial charge in [0.25, 0.3) is 0 Å². The molecule has 3 atom stereocenters. The summed E-state index contributed by atoms with van der Waals surface area (Å²) in [7, 11) is 0. The molecule has 0 aromatic heterocycles. The van der Waals surface area contributed by atoms with Crippen LogP contribution in [0.2, 0.25) is 0 Å². The predicted molar refractivity (Wildman–Crippen MR) is 79.9 cm³/mol. The molecule has 1 aliphatic rings. The molecule has 1 saturated carbocycles. The molecule has 1 fully saturated rings. The number of hydrogen-bond donors (Lipinski definition) is 0. The van der Waals surface area contributed by atoms with E-state index in [2.05, 4.69) is 41.5 Å². The van der Waals surface area contributed by atoms with Crippen molar-refractivity contribution < 1.29 is 9.53 Å². The summed E-state index contributed by atoms with van der Waals surface area (Å²) in [5.41, 5.74) is 0.705. The first kappa shape index (κ1) is 16.5. The molecule has 2 nitrogen and oxygen atoms in total. The van der Waals surface area contributed by atoms with Gasteiger partial charge < -0.3 is 4.74 Å². The molecule has 1 rings (SSSR count). The Labute approximate surface area is 119 Å². The molecule has 0 radical (unpaired) electrons. The van der Waals surface area contributed by atoms with Crippen molar-refractivity contribution in [3.63, 3.8) is 0 Å². The molecule has 2 unspecified atom stereocenters. The van der Waals surface area contributed by atoms with E-state index in [0.717, 1.165) is 12.3 Å². The minimum Gasteiger partial charge on any atom is -0.466 e. The highest BCUT2D eigenvalue weighted by Gasteiger charge is 2.53. The van der Waals surface area contributed by atoms with Gasteiger partial charge in [0.2, 0.25) is 0 Å². The predicted octanol–water partition coefficient (Wildman–Crippen LogP) is 4.67. The van der Waals surface area contributed by atoms with Crippen molar-refractivity contribution in [3.05, 3.63) is 0 Å². The van der Waals surface area contributed by atoms with Crippen molar-refractivity contribution in [2.75, 3.05) is 6.61 Å². The zero-order valence-corrected chi connectivity index (χ0v) is 13.9. The summed E-state index contributed by atoms with van der Waals surface area (Å²) in [4.78, 5) is 11.5. The molecular weight excluding hydrogens is 236 g/mol. The van der Waals surface area contributed by atoms with Gasteiger partial charge in [-0.15, -0.1) is 0 Å². The average molecular weight is 268 g/mol. The van der Waals surface area contributed by atoms with Gasteiger partial charge in [0, 0.05) is 6.42 Å². The molecule has 1 aliphatic carbocycles. The first-order chi connectivity index (χ1) is 8.64. The second-order valence-corrected chi connectivity index (χ2v) is 7.51. The van der Waals surface area contributed by atoms with Crippen LogP contribution in [0, 0.1) is 28.6 Å². The van der Waals surface area contributed by atoms with E-state index >= 15 is 0 Å². The molecule has 0 spiro atoms. The molecule has 2 heteroatoms. The van der Waals surface area contributed by atoms with Crippen LogP contribution in [0.25, 0.3) is 0 Å². The molecule has 0 amide bonds. The van der Waals surface area contributed by atoms with Crippen LogP contribution in [-0.2, 0) is 9.53 Å². The maximum atomic E-state index is 11.5. The van der Waals surface area contributed by atoms with Crippen LogP contribution in [0.15, 0.2) is 0 Å². The van der Waals surface area contributed by atoms with Crippen LogP contribution in [0.5, 0.6) is 0 Å². The van der Waals surface area contributed by atoms with E-state index in [1.807, 2.05) is 6.92 Å². The van der Waals surface area contributed by atoms with Crippen molar-refractivity contribution in [2.24, 2.45) is 28.6 Å². The largest absolute Gasteiger partial charge is 0.466 e. The zero-order valence-electron chi connectivity index (χ0n) is 13.9. The van der Waals surface area contributed by atoms with Gasteiger partial charge in [-0.25, -0.2) is 0 Å². The minimum absolute atomic E-state index is 0.0440. The molecule has 0 aromatic carbocycles. The Kier molecular flexibility index (Phi) is 5.08. The summed E-state index contributed by atoms with van der Waals surface area (Å²) >= 11 is 0. The first-order valence-corrected chi connectivity index (χ1v) is 7.80. The number of ether oxygens (including phenoxy) is 1. The van der Waals surface area contributed by atoms with E-state index in [1.165, 1.54) is 6.42 Å². The van der Waals surface area contributed by atoms with Crippen molar-refractivity contribution in [1.82, 2.24) is 0 Å². The number of carbonyl (C=O) groups excluding carboxylic acids is 1. The summed E-state index contributed by atoms with van der Waals surface area (Å²) in [6.07, 6.45) is 2.80. The summed E-state index contributed by atoms with van der Waals surface area (Å²) in [5, 5.41) is 0. The van der Waals surface area contributed by atoms with Gasteiger partial charge >= 0.3 is 5.97 Å². The van der Waals surface area contributed by atoms with E-state index in [9.17, 15) is 4.79 Å². The molecule has 112 valence electrons. The van der Waals surface area contributed by atoms with Crippen LogP contribution < -0.4 is 0 Å². The van der Waals surface area contributed by atoms with Crippen molar-refractivity contribution >= 4 is 5.97 Å². The van der Waals surface area contributed by atoms with Crippen molar-refractivity contribution in [1.29, 1.82) is 0 Å². The second-order valence-electron chi connectivity index (χ2n) is 7.51. The van der Waals surface area contributed by atoms with Gasteiger partial charge in [-0.2, -0.15) is 0 Å². The minimum atomic E-state index is -0.0440. The van der Waals surface area contributed by atoms with Crippen LogP contribution in [0.3, 0.4) is 0 Å². The first-order valence-electron chi connectivity index (χ1n) is 7.80. The van der Waals surface area contributed by atoms with Gasteiger partial charge in [0.05, 0.1) is 6.61 Å².